The van der Waals surface area contributed by atoms with Gasteiger partial charge in [0, 0.05) is 5.56 Å². The van der Waals surface area contributed by atoms with E-state index in [9.17, 15) is 18.0 Å². The number of carbonyl (C=O) groups excluding carboxylic acids is 1. The Balaban J connectivity index is 2.17. The van der Waals surface area contributed by atoms with Gasteiger partial charge >= 0.3 is 6.18 Å². The molecule has 1 N–H and O–H groups in total. The van der Waals surface area contributed by atoms with Crippen molar-refractivity contribution in [2.24, 2.45) is 0 Å². The third kappa shape index (κ3) is 4.26. The van der Waals surface area contributed by atoms with Crippen molar-refractivity contribution in [3.63, 3.8) is 0 Å². The fourth-order valence-corrected chi connectivity index (χ4v) is 2.23. The molecule has 0 heterocycles. The highest BCUT2D eigenvalue weighted by Crippen LogP contribution is 2.33. The summed E-state index contributed by atoms with van der Waals surface area (Å²) in [7, 11) is 0. The van der Waals surface area contributed by atoms with Crippen molar-refractivity contribution in [1.82, 2.24) is 0 Å². The summed E-state index contributed by atoms with van der Waals surface area (Å²) < 4.78 is 37.8. The number of benzene rings is 2. The second-order valence-corrected chi connectivity index (χ2v) is 5.83. The maximum absolute atomic E-state index is 12.6. The molecule has 1 amide bonds. The lowest BCUT2D eigenvalue weighted by molar-refractivity contribution is -0.137. The van der Waals surface area contributed by atoms with Crippen molar-refractivity contribution >= 4 is 23.2 Å². The number of anilines is 1. The number of amides is 1. The van der Waals surface area contributed by atoms with Crippen molar-refractivity contribution < 1.29 is 18.0 Å². The van der Waals surface area contributed by atoms with E-state index in [-0.39, 0.29) is 10.7 Å². The molecule has 0 aliphatic carbocycles. The first-order valence-corrected chi connectivity index (χ1v) is 7.34. The monoisotopic (exact) mass is 341 g/mol. The smallest absolute Gasteiger partial charge is 0.321 e. The van der Waals surface area contributed by atoms with Gasteiger partial charge < -0.3 is 5.32 Å². The Morgan fingerprint density at radius 1 is 1.09 bits per heavy atom. The van der Waals surface area contributed by atoms with Gasteiger partial charge in [0.2, 0.25) is 0 Å². The van der Waals surface area contributed by atoms with Crippen LogP contribution in [0.4, 0.5) is 18.9 Å². The van der Waals surface area contributed by atoms with Gasteiger partial charge in [0.1, 0.15) is 0 Å². The predicted octanol–water partition coefficient (Wildman–Crippen LogP) is 5.73. The normalized spacial score (nSPS) is 11.6. The first-order chi connectivity index (χ1) is 10.7. The minimum Gasteiger partial charge on any atom is -0.321 e. The number of carbonyl (C=O) groups is 1. The third-order valence-electron chi connectivity index (χ3n) is 3.38. The van der Waals surface area contributed by atoms with Crippen LogP contribution in [0.5, 0.6) is 0 Å². The Hall–Kier alpha value is -2.01. The van der Waals surface area contributed by atoms with Gasteiger partial charge in [0.25, 0.3) is 5.91 Å². The molecule has 6 heteroatoms. The molecular formula is C17H15ClF3NO. The number of nitrogens with one attached hydrogen (secondary N) is 1. The summed E-state index contributed by atoms with van der Waals surface area (Å²) in [5.41, 5.74) is 0.777. The van der Waals surface area contributed by atoms with Crippen LogP contribution in [-0.2, 0) is 6.18 Å². The molecule has 122 valence electrons. The molecule has 0 aromatic heterocycles. The van der Waals surface area contributed by atoms with Crippen LogP contribution in [0.3, 0.4) is 0 Å². The standard InChI is InChI=1S/C17H15ClF3NO/c1-10(2)11-3-5-12(6-4-11)16(23)22-15-8-7-13(9-14(15)18)17(19,20)21/h3-10H,1-2H3,(H,22,23). The van der Waals surface area contributed by atoms with Crippen molar-refractivity contribution in [3.8, 4) is 0 Å². The highest BCUT2D eigenvalue weighted by Gasteiger charge is 2.31. The van der Waals surface area contributed by atoms with Crippen molar-refractivity contribution in [3.05, 3.63) is 64.2 Å². The van der Waals surface area contributed by atoms with E-state index < -0.39 is 17.6 Å². The Morgan fingerprint density at radius 2 is 1.70 bits per heavy atom. The van der Waals surface area contributed by atoms with E-state index in [0.717, 1.165) is 23.8 Å². The molecule has 0 aliphatic heterocycles. The molecule has 0 radical (unpaired) electrons. The van der Waals surface area contributed by atoms with Gasteiger partial charge in [-0.15, -0.1) is 0 Å². The molecular weight excluding hydrogens is 327 g/mol. The quantitative estimate of drug-likeness (QED) is 0.758. The SMILES string of the molecule is CC(C)c1ccc(C(=O)Nc2ccc(C(F)(F)F)cc2Cl)cc1. The maximum Gasteiger partial charge on any atom is 0.416 e. The predicted molar refractivity (Wildman–Crippen MR) is 84.9 cm³/mol. The largest absolute Gasteiger partial charge is 0.416 e. The second-order valence-electron chi connectivity index (χ2n) is 5.42. The Kier molecular flexibility index (Phi) is 5.00. The minimum atomic E-state index is -4.47. The Bertz CT molecular complexity index is 709. The highest BCUT2D eigenvalue weighted by molar-refractivity contribution is 6.34. The van der Waals surface area contributed by atoms with Gasteiger partial charge in [-0.3, -0.25) is 4.79 Å². The molecule has 2 rings (SSSR count). The van der Waals surface area contributed by atoms with Gasteiger partial charge in [-0.2, -0.15) is 13.2 Å². The molecule has 0 unspecified atom stereocenters. The number of halogens is 4. The van der Waals surface area contributed by atoms with Gasteiger partial charge in [-0.1, -0.05) is 37.6 Å². The summed E-state index contributed by atoms with van der Waals surface area (Å²) >= 11 is 5.82. The molecule has 0 saturated heterocycles. The Morgan fingerprint density at radius 3 is 2.17 bits per heavy atom. The Labute approximate surface area is 137 Å². The van der Waals surface area contributed by atoms with E-state index in [1.807, 2.05) is 26.0 Å². The van der Waals surface area contributed by atoms with Crippen LogP contribution in [0.2, 0.25) is 5.02 Å². The summed E-state index contributed by atoms with van der Waals surface area (Å²) in [4.78, 5) is 12.1. The van der Waals surface area contributed by atoms with E-state index in [0.29, 0.717) is 11.5 Å². The average molecular weight is 342 g/mol. The molecule has 0 fully saturated rings. The molecule has 0 aliphatic rings. The van der Waals surface area contributed by atoms with E-state index in [2.05, 4.69) is 5.32 Å². The molecule has 0 atom stereocenters. The fraction of sp³-hybridized carbons (Fsp3) is 0.235. The molecule has 2 aromatic carbocycles. The summed E-state index contributed by atoms with van der Waals surface area (Å²) in [6.07, 6.45) is -4.47. The number of hydrogen-bond donors (Lipinski definition) is 1. The second kappa shape index (κ2) is 6.62. The molecule has 2 aromatic rings. The van der Waals surface area contributed by atoms with Gasteiger partial charge in [0.05, 0.1) is 16.3 Å². The number of hydrogen-bond acceptors (Lipinski definition) is 1. The molecule has 2 nitrogen and oxygen atoms in total. The van der Waals surface area contributed by atoms with Crippen molar-refractivity contribution in [2.75, 3.05) is 5.32 Å². The highest BCUT2D eigenvalue weighted by atomic mass is 35.5. The third-order valence-corrected chi connectivity index (χ3v) is 3.70. The topological polar surface area (TPSA) is 29.1 Å². The lowest BCUT2D eigenvalue weighted by atomic mass is 10.0. The first-order valence-electron chi connectivity index (χ1n) is 6.96. The zero-order valence-corrected chi connectivity index (χ0v) is 13.3. The summed E-state index contributed by atoms with van der Waals surface area (Å²) in [6.45, 7) is 4.08. The van der Waals surface area contributed by atoms with Gasteiger partial charge in [0.15, 0.2) is 0 Å². The van der Waals surface area contributed by atoms with Crippen LogP contribution in [0.15, 0.2) is 42.5 Å². The van der Waals surface area contributed by atoms with Crippen molar-refractivity contribution in [2.45, 2.75) is 25.9 Å². The van der Waals surface area contributed by atoms with Gasteiger partial charge in [-0.25, -0.2) is 0 Å². The molecule has 23 heavy (non-hydrogen) atoms. The van der Waals surface area contributed by atoms with E-state index in [1.54, 1.807) is 12.1 Å². The van der Waals surface area contributed by atoms with Crippen LogP contribution in [-0.4, -0.2) is 5.91 Å². The molecule has 0 spiro atoms. The summed E-state index contributed by atoms with van der Waals surface area (Å²) in [5.74, 6) is -0.0848. The van der Waals surface area contributed by atoms with E-state index in [1.165, 1.54) is 0 Å². The zero-order valence-electron chi connectivity index (χ0n) is 12.5. The number of alkyl halides is 3. The maximum atomic E-state index is 12.6. The van der Waals surface area contributed by atoms with Crippen LogP contribution in [0.25, 0.3) is 0 Å². The van der Waals surface area contributed by atoms with Crippen LogP contribution in [0.1, 0.15) is 41.3 Å². The summed E-state index contributed by atoms with van der Waals surface area (Å²) in [6, 6.07) is 9.83. The summed E-state index contributed by atoms with van der Waals surface area (Å²) in [5, 5.41) is 2.36. The zero-order chi connectivity index (χ0) is 17.2. The minimum absolute atomic E-state index is 0.137. The van der Waals surface area contributed by atoms with E-state index >= 15 is 0 Å². The average Bonchev–Trinajstić information content (AvgIpc) is 2.48. The fourth-order valence-electron chi connectivity index (χ4n) is 2.01. The van der Waals surface area contributed by atoms with Crippen molar-refractivity contribution in [1.29, 1.82) is 0 Å². The molecule has 0 saturated carbocycles. The van der Waals surface area contributed by atoms with Crippen LogP contribution in [0, 0.1) is 0 Å². The van der Waals surface area contributed by atoms with Gasteiger partial charge in [-0.05, 0) is 41.8 Å². The lowest BCUT2D eigenvalue weighted by Gasteiger charge is -2.11. The van der Waals surface area contributed by atoms with E-state index in [4.69, 9.17) is 11.6 Å². The first kappa shape index (κ1) is 17.3. The van der Waals surface area contributed by atoms with Crippen LogP contribution >= 0.6 is 11.6 Å². The molecule has 0 bridgehead atoms. The lowest BCUT2D eigenvalue weighted by Crippen LogP contribution is -2.13. The number of rotatable bonds is 3. The van der Waals surface area contributed by atoms with Crippen LogP contribution < -0.4 is 5.32 Å².